The summed E-state index contributed by atoms with van der Waals surface area (Å²) >= 11 is 0. The molecule has 0 atom stereocenters. The minimum Gasteiger partial charge on any atom is -0.397 e. The highest BCUT2D eigenvalue weighted by molar-refractivity contribution is 5.95. The first-order valence-corrected chi connectivity index (χ1v) is 10.4. The third kappa shape index (κ3) is 4.36. The van der Waals surface area contributed by atoms with Gasteiger partial charge < -0.3 is 25.4 Å². The smallest absolute Gasteiger partial charge is 0.227 e. The Hall–Kier alpha value is -3.65. The van der Waals surface area contributed by atoms with Crippen LogP contribution in [-0.4, -0.2) is 53.7 Å². The van der Waals surface area contributed by atoms with Crippen LogP contribution in [0.15, 0.2) is 54.9 Å². The van der Waals surface area contributed by atoms with Crippen molar-refractivity contribution in [3.63, 3.8) is 0 Å². The number of nitrogen functional groups attached to an aromatic ring is 1. The molecule has 8 heteroatoms. The summed E-state index contributed by atoms with van der Waals surface area (Å²) < 4.78 is 17.0. The van der Waals surface area contributed by atoms with E-state index in [9.17, 15) is 4.39 Å². The Morgan fingerprint density at radius 2 is 1.88 bits per heavy atom. The predicted octanol–water partition coefficient (Wildman–Crippen LogP) is 4.10. The second-order valence-electron chi connectivity index (χ2n) is 8.18. The maximum Gasteiger partial charge on any atom is 0.227 e. The molecule has 2 aromatic heterocycles. The molecular formula is C24H28FN7. The number of anilines is 4. The first kappa shape index (κ1) is 21.6. The van der Waals surface area contributed by atoms with E-state index in [1.165, 1.54) is 6.07 Å². The first-order valence-electron chi connectivity index (χ1n) is 10.4. The molecule has 166 valence electrons. The third-order valence-corrected chi connectivity index (χ3v) is 5.49. The van der Waals surface area contributed by atoms with Gasteiger partial charge in [0.25, 0.3) is 0 Å². The molecule has 0 unspecified atom stereocenters. The Labute approximate surface area is 187 Å². The number of aryl methyl sites for hydroxylation is 1. The SMILES string of the molecule is CN(C)CCN(C)c1cc(F)c(Nc2nccc(-c3cn(C)c4ccccc34)n2)cc1N. The van der Waals surface area contributed by atoms with E-state index in [-0.39, 0.29) is 5.69 Å². The van der Waals surface area contributed by atoms with Crippen molar-refractivity contribution in [2.24, 2.45) is 7.05 Å². The lowest BCUT2D eigenvalue weighted by atomic mass is 10.1. The molecule has 2 aromatic carbocycles. The van der Waals surface area contributed by atoms with Gasteiger partial charge in [-0.1, -0.05) is 18.2 Å². The monoisotopic (exact) mass is 433 g/mol. The van der Waals surface area contributed by atoms with Crippen LogP contribution in [0.5, 0.6) is 0 Å². The van der Waals surface area contributed by atoms with Crippen LogP contribution in [0.25, 0.3) is 22.2 Å². The molecule has 32 heavy (non-hydrogen) atoms. The van der Waals surface area contributed by atoms with Crippen LogP contribution in [0.2, 0.25) is 0 Å². The Balaban J connectivity index is 1.61. The lowest BCUT2D eigenvalue weighted by Gasteiger charge is -2.23. The lowest BCUT2D eigenvalue weighted by molar-refractivity contribution is 0.416. The molecule has 4 aromatic rings. The second kappa shape index (κ2) is 8.84. The van der Waals surface area contributed by atoms with E-state index in [0.717, 1.165) is 35.2 Å². The molecule has 0 aliphatic heterocycles. The third-order valence-electron chi connectivity index (χ3n) is 5.49. The first-order chi connectivity index (χ1) is 15.3. The van der Waals surface area contributed by atoms with Crippen molar-refractivity contribution in [3.05, 3.63) is 60.7 Å². The Kier molecular flexibility index (Phi) is 5.96. The molecule has 7 nitrogen and oxygen atoms in total. The second-order valence-corrected chi connectivity index (χ2v) is 8.18. The van der Waals surface area contributed by atoms with Gasteiger partial charge in [0.1, 0.15) is 5.82 Å². The minimum atomic E-state index is -0.412. The fourth-order valence-corrected chi connectivity index (χ4v) is 3.71. The van der Waals surface area contributed by atoms with Crippen LogP contribution in [0.1, 0.15) is 0 Å². The number of rotatable bonds is 7. The molecule has 0 bridgehead atoms. The zero-order valence-electron chi connectivity index (χ0n) is 18.8. The van der Waals surface area contributed by atoms with Crippen LogP contribution in [-0.2, 0) is 7.05 Å². The number of halogens is 1. The molecule has 0 aliphatic carbocycles. The maximum atomic E-state index is 14.9. The van der Waals surface area contributed by atoms with Gasteiger partial charge in [0, 0.05) is 62.1 Å². The van der Waals surface area contributed by atoms with Gasteiger partial charge in [0.2, 0.25) is 5.95 Å². The van der Waals surface area contributed by atoms with Crippen molar-refractivity contribution in [1.82, 2.24) is 19.4 Å². The van der Waals surface area contributed by atoms with Gasteiger partial charge in [-0.2, -0.15) is 0 Å². The quantitative estimate of drug-likeness (QED) is 0.428. The Morgan fingerprint density at radius 3 is 2.66 bits per heavy atom. The summed E-state index contributed by atoms with van der Waals surface area (Å²) in [4.78, 5) is 12.9. The van der Waals surface area contributed by atoms with Crippen LogP contribution in [0.4, 0.5) is 27.4 Å². The van der Waals surface area contributed by atoms with Crippen LogP contribution < -0.4 is 16.0 Å². The summed E-state index contributed by atoms with van der Waals surface area (Å²) in [5, 5.41) is 4.08. The van der Waals surface area contributed by atoms with Crippen LogP contribution in [0.3, 0.4) is 0 Å². The van der Waals surface area contributed by atoms with Gasteiger partial charge >= 0.3 is 0 Å². The van der Waals surface area contributed by atoms with Crippen molar-refractivity contribution in [1.29, 1.82) is 0 Å². The van der Waals surface area contributed by atoms with E-state index in [1.54, 1.807) is 12.3 Å². The summed E-state index contributed by atoms with van der Waals surface area (Å²) in [7, 11) is 7.90. The molecule has 0 radical (unpaired) electrons. The molecule has 0 fully saturated rings. The van der Waals surface area contributed by atoms with Crippen LogP contribution in [0, 0.1) is 5.82 Å². The van der Waals surface area contributed by atoms with Gasteiger partial charge in [-0.25, -0.2) is 14.4 Å². The molecule has 4 rings (SSSR count). The van der Waals surface area contributed by atoms with E-state index < -0.39 is 5.82 Å². The Bertz CT molecular complexity index is 1250. The normalized spacial score (nSPS) is 11.3. The van der Waals surface area contributed by atoms with Crippen molar-refractivity contribution >= 4 is 33.9 Å². The van der Waals surface area contributed by atoms with Gasteiger partial charge in [0.05, 0.1) is 22.8 Å². The fraction of sp³-hybridized carbons (Fsp3) is 0.250. The van der Waals surface area contributed by atoms with E-state index in [4.69, 9.17) is 5.73 Å². The average Bonchev–Trinajstić information content (AvgIpc) is 3.11. The number of nitrogens with zero attached hydrogens (tertiary/aromatic N) is 5. The fourth-order valence-electron chi connectivity index (χ4n) is 3.71. The van der Waals surface area contributed by atoms with E-state index in [0.29, 0.717) is 17.3 Å². The highest BCUT2D eigenvalue weighted by Crippen LogP contribution is 2.32. The number of aromatic nitrogens is 3. The molecule has 0 amide bonds. The van der Waals surface area contributed by atoms with Crippen molar-refractivity contribution in [3.8, 4) is 11.3 Å². The number of fused-ring (bicyclic) bond motifs is 1. The topological polar surface area (TPSA) is 75.2 Å². The van der Waals surface area contributed by atoms with E-state index in [1.807, 2.05) is 57.5 Å². The Morgan fingerprint density at radius 1 is 1.09 bits per heavy atom. The highest BCUT2D eigenvalue weighted by Gasteiger charge is 2.14. The summed E-state index contributed by atoms with van der Waals surface area (Å²) in [6, 6.07) is 13.0. The number of hydrogen-bond acceptors (Lipinski definition) is 6. The number of para-hydroxylation sites is 1. The van der Waals surface area contributed by atoms with Gasteiger partial charge in [-0.3, -0.25) is 0 Å². The van der Waals surface area contributed by atoms with Crippen molar-refractivity contribution in [2.75, 3.05) is 50.2 Å². The van der Waals surface area contributed by atoms with Gasteiger partial charge in [-0.05, 0) is 32.3 Å². The summed E-state index contributed by atoms with van der Waals surface area (Å²) in [5.74, 6) is -0.104. The molecule has 0 saturated heterocycles. The molecule has 0 aliphatic rings. The zero-order chi connectivity index (χ0) is 22.8. The van der Waals surface area contributed by atoms with Gasteiger partial charge in [-0.15, -0.1) is 0 Å². The summed E-state index contributed by atoms with van der Waals surface area (Å²) in [6.45, 7) is 1.58. The molecule has 3 N–H and O–H groups in total. The van der Waals surface area contributed by atoms with Crippen molar-refractivity contribution in [2.45, 2.75) is 0 Å². The van der Waals surface area contributed by atoms with E-state index in [2.05, 4.69) is 36.9 Å². The molecule has 0 spiro atoms. The molecule has 0 saturated carbocycles. The average molecular weight is 434 g/mol. The zero-order valence-corrected chi connectivity index (χ0v) is 18.8. The number of hydrogen-bond donors (Lipinski definition) is 2. The van der Waals surface area contributed by atoms with Gasteiger partial charge in [0.15, 0.2) is 0 Å². The van der Waals surface area contributed by atoms with Crippen molar-refractivity contribution < 1.29 is 4.39 Å². The largest absolute Gasteiger partial charge is 0.397 e. The molecule has 2 heterocycles. The van der Waals surface area contributed by atoms with E-state index >= 15 is 0 Å². The lowest BCUT2D eigenvalue weighted by Crippen LogP contribution is -2.29. The number of nitrogens with two attached hydrogens (primary N) is 1. The number of likely N-dealkylation sites (N-methyl/N-ethyl adjacent to an activating group) is 2. The molecular weight excluding hydrogens is 405 g/mol. The minimum absolute atomic E-state index is 0.238. The summed E-state index contributed by atoms with van der Waals surface area (Å²) in [6.07, 6.45) is 3.70. The standard InChI is InChI=1S/C24H28FN7/c1-30(2)11-12-31(3)23-13-18(25)21(14-19(23)26)29-24-27-10-9-20(28-24)17-15-32(4)22-8-6-5-7-16(17)22/h5-10,13-15H,11-12,26H2,1-4H3,(H,27,28,29). The number of nitrogens with one attached hydrogen (secondary N) is 1. The predicted molar refractivity (Wildman–Crippen MR) is 130 cm³/mol. The highest BCUT2D eigenvalue weighted by atomic mass is 19.1. The number of benzene rings is 2. The van der Waals surface area contributed by atoms with Crippen LogP contribution >= 0.6 is 0 Å². The maximum absolute atomic E-state index is 14.9. The summed E-state index contributed by atoms with van der Waals surface area (Å²) in [5.41, 5.74) is 10.5.